The van der Waals surface area contributed by atoms with Crippen LogP contribution in [0.2, 0.25) is 0 Å². The summed E-state index contributed by atoms with van der Waals surface area (Å²) in [6, 6.07) is 0. The first-order valence-electron chi connectivity index (χ1n) is 39.9. The van der Waals surface area contributed by atoms with Gasteiger partial charge >= 0.3 is 11.9 Å². The zero-order valence-electron chi connectivity index (χ0n) is 62.3. The highest BCUT2D eigenvalue weighted by Crippen LogP contribution is 2.19. The predicted octanol–water partition coefficient (Wildman–Crippen LogP) is 24.2. The molecule has 0 rings (SSSR count). The Balaban J connectivity index is 4.05. The Bertz CT molecular complexity index is 1870. The fourth-order valence-corrected chi connectivity index (χ4v) is 11.6. The maximum Gasteiger partial charge on any atom is 0.306 e. The summed E-state index contributed by atoms with van der Waals surface area (Å²) < 4.78 is 22.9. The van der Waals surface area contributed by atoms with Gasteiger partial charge in [0.2, 0.25) is 0 Å². The van der Waals surface area contributed by atoms with E-state index in [4.69, 9.17) is 18.9 Å². The largest absolute Gasteiger partial charge is 0.545 e. The Morgan fingerprint density at radius 3 is 0.904 bits per heavy atom. The van der Waals surface area contributed by atoms with E-state index < -0.39 is 24.3 Å². The summed E-state index contributed by atoms with van der Waals surface area (Å²) in [6.07, 6.45) is 101. The summed E-state index contributed by atoms with van der Waals surface area (Å²) in [4.78, 5) is 37.6. The zero-order chi connectivity index (χ0) is 68.2. The predicted molar refractivity (Wildman–Crippen MR) is 403 cm³/mol. The number of carbonyl (C=O) groups is 3. The van der Waals surface area contributed by atoms with Gasteiger partial charge in [-0.05, 0) is 77.0 Å². The van der Waals surface area contributed by atoms with Crippen LogP contribution in [0.3, 0.4) is 0 Å². The summed E-state index contributed by atoms with van der Waals surface area (Å²) in [6.45, 7) is 4.68. The number of carbonyl (C=O) groups excluding carboxylic acids is 3. The number of hydrogen-bond donors (Lipinski definition) is 0. The fraction of sp³-hybridized carbons (Fsp3) is 0.776. The Hall–Kier alpha value is -3.79. The van der Waals surface area contributed by atoms with Crippen LogP contribution in [0.15, 0.2) is 97.2 Å². The van der Waals surface area contributed by atoms with E-state index in [1.165, 1.54) is 238 Å². The van der Waals surface area contributed by atoms with E-state index in [1.807, 2.05) is 21.1 Å². The van der Waals surface area contributed by atoms with Crippen molar-refractivity contribution in [1.82, 2.24) is 0 Å². The van der Waals surface area contributed by atoms with Gasteiger partial charge in [-0.2, -0.15) is 0 Å². The number of allylic oxidation sites excluding steroid dienone is 16. The van der Waals surface area contributed by atoms with Crippen molar-refractivity contribution in [3.05, 3.63) is 97.2 Å². The van der Waals surface area contributed by atoms with Gasteiger partial charge in [0.1, 0.15) is 13.2 Å². The number of esters is 2. The molecule has 0 aliphatic rings. The number of unbranched alkanes of at least 4 members (excludes halogenated alkanes) is 43. The van der Waals surface area contributed by atoms with E-state index in [9.17, 15) is 19.5 Å². The number of hydrogen-bond acceptors (Lipinski definition) is 8. The van der Waals surface area contributed by atoms with Crippen LogP contribution in [0.5, 0.6) is 0 Å². The molecule has 0 radical (unpaired) electrons. The molecule has 2 atom stereocenters. The molecule has 0 spiro atoms. The summed E-state index contributed by atoms with van der Waals surface area (Å²) in [5.74, 6) is -2.27. The van der Waals surface area contributed by atoms with Crippen molar-refractivity contribution >= 4 is 17.9 Å². The van der Waals surface area contributed by atoms with Gasteiger partial charge in [0.15, 0.2) is 12.4 Å². The Morgan fingerprint density at radius 1 is 0.330 bits per heavy atom. The minimum atomic E-state index is -1.63. The lowest BCUT2D eigenvalue weighted by Crippen LogP contribution is -2.44. The Labute approximate surface area is 582 Å². The molecular weight excluding hydrogens is 1160 g/mol. The standard InChI is InChI=1S/C85H151NO8/c1-6-8-10-12-14-16-18-20-22-24-26-28-30-32-34-36-38-40-42-44-46-48-50-52-54-56-58-60-62-64-66-68-70-72-74-76-83(88)94-81(80-93-85(84(89)90)91-78-77-86(3,4)5)79-92-82(87)75-73-71-69-67-65-63-61-59-57-55-53-51-49-47-45-43-41-39-37-35-33-31-29-27-25-23-21-19-17-15-13-11-9-7-2/h8,10,14,16,20,22,26,28,32,34,38,40,44,46,50,52,81,85H,6-7,9,11-13,15,17-19,21,23-25,27,29-31,33,35-37,39,41-43,45,47-49,51,53-80H2,1-5H3/b10-8-,16-14-,22-20-,28-26-,34-32-,40-38-,46-44-,52-50-. The number of carboxylic acids is 1. The van der Waals surface area contributed by atoms with Crippen molar-refractivity contribution in [1.29, 1.82) is 0 Å². The lowest BCUT2D eigenvalue weighted by Gasteiger charge is -2.26. The lowest BCUT2D eigenvalue weighted by molar-refractivity contribution is -0.870. The molecule has 0 aromatic heterocycles. The van der Waals surface area contributed by atoms with Gasteiger partial charge in [-0.1, -0.05) is 374 Å². The minimum absolute atomic E-state index is 0.145. The maximum atomic E-state index is 13.0. The van der Waals surface area contributed by atoms with E-state index in [1.54, 1.807) is 0 Å². The van der Waals surface area contributed by atoms with Crippen LogP contribution in [0, 0.1) is 0 Å². The first-order chi connectivity index (χ1) is 46.1. The molecule has 9 heteroatoms. The Kier molecular flexibility index (Phi) is 72.0. The second kappa shape index (κ2) is 75.0. The molecular formula is C85H151NO8. The van der Waals surface area contributed by atoms with Crippen LogP contribution >= 0.6 is 0 Å². The lowest BCUT2D eigenvalue weighted by atomic mass is 10.0. The van der Waals surface area contributed by atoms with Gasteiger partial charge in [0, 0.05) is 12.8 Å². The van der Waals surface area contributed by atoms with Crippen molar-refractivity contribution in [2.45, 2.75) is 379 Å². The van der Waals surface area contributed by atoms with Crippen molar-refractivity contribution in [2.24, 2.45) is 0 Å². The molecule has 94 heavy (non-hydrogen) atoms. The van der Waals surface area contributed by atoms with Crippen LogP contribution in [0.25, 0.3) is 0 Å². The molecule has 0 heterocycles. The third kappa shape index (κ3) is 75.6. The molecule has 0 aromatic rings. The molecule has 0 aliphatic carbocycles. The molecule has 0 bridgehead atoms. The normalized spacial score (nSPS) is 13.2. The van der Waals surface area contributed by atoms with Crippen LogP contribution in [-0.4, -0.2) is 82.3 Å². The van der Waals surface area contributed by atoms with Crippen LogP contribution in [-0.2, 0) is 33.3 Å². The highest BCUT2D eigenvalue weighted by Gasteiger charge is 2.22. The SMILES string of the molecule is CC/C=C\C/C=C\C/C=C\C/C=C\C/C=C\C/C=C\C/C=C\C/C=C\CCCCCCCCCCCCC(=O)OC(COC(=O)CCCCCCCCCCCCCCCCCCCCCCCCCCCCCCCCCCCC)COC(OCC[N+](C)(C)C)C(=O)[O-]. The molecule has 0 fully saturated rings. The van der Waals surface area contributed by atoms with Crippen molar-refractivity contribution in [3.8, 4) is 0 Å². The monoisotopic (exact) mass is 1310 g/mol. The fourth-order valence-electron chi connectivity index (χ4n) is 11.6. The molecule has 0 N–H and O–H groups in total. The molecule has 544 valence electrons. The van der Waals surface area contributed by atoms with E-state index >= 15 is 0 Å². The smallest absolute Gasteiger partial charge is 0.306 e. The van der Waals surface area contributed by atoms with E-state index in [2.05, 4.69) is 111 Å². The van der Waals surface area contributed by atoms with Gasteiger partial charge in [-0.25, -0.2) is 0 Å². The summed E-state index contributed by atoms with van der Waals surface area (Å²) in [5.41, 5.74) is 0. The second-order valence-corrected chi connectivity index (χ2v) is 28.0. The summed E-state index contributed by atoms with van der Waals surface area (Å²) >= 11 is 0. The van der Waals surface area contributed by atoms with Crippen molar-refractivity contribution < 1.29 is 42.9 Å². The van der Waals surface area contributed by atoms with Gasteiger partial charge in [0.05, 0.1) is 40.3 Å². The van der Waals surface area contributed by atoms with Gasteiger partial charge in [0.25, 0.3) is 0 Å². The number of ether oxygens (including phenoxy) is 4. The number of nitrogens with zero attached hydrogens (tertiary/aromatic N) is 1. The van der Waals surface area contributed by atoms with E-state index in [-0.39, 0.29) is 32.2 Å². The maximum absolute atomic E-state index is 13.0. The third-order valence-electron chi connectivity index (χ3n) is 17.6. The zero-order valence-corrected chi connectivity index (χ0v) is 62.3. The van der Waals surface area contributed by atoms with Gasteiger partial charge in [-0.15, -0.1) is 0 Å². The molecule has 0 saturated heterocycles. The van der Waals surface area contributed by atoms with Crippen LogP contribution < -0.4 is 5.11 Å². The summed E-state index contributed by atoms with van der Waals surface area (Å²) in [5, 5.41) is 11.9. The number of carboxylic acid groups (broad SMARTS) is 1. The van der Waals surface area contributed by atoms with Gasteiger partial charge < -0.3 is 33.3 Å². The first kappa shape index (κ1) is 90.2. The second-order valence-electron chi connectivity index (χ2n) is 28.0. The topological polar surface area (TPSA) is 111 Å². The third-order valence-corrected chi connectivity index (χ3v) is 17.6. The quantitative estimate of drug-likeness (QED) is 0.0195. The minimum Gasteiger partial charge on any atom is -0.545 e. The molecule has 2 unspecified atom stereocenters. The molecule has 9 nitrogen and oxygen atoms in total. The number of likely N-dealkylation sites (N-methyl/N-ethyl adjacent to an activating group) is 1. The highest BCUT2D eigenvalue weighted by molar-refractivity contribution is 5.70. The van der Waals surface area contributed by atoms with Crippen LogP contribution in [0.1, 0.15) is 367 Å². The molecule has 0 saturated carbocycles. The first-order valence-corrected chi connectivity index (χ1v) is 39.9. The molecule has 0 amide bonds. The van der Waals surface area contributed by atoms with Crippen LogP contribution in [0.4, 0.5) is 0 Å². The average Bonchev–Trinajstić information content (AvgIpc) is 3.76. The van der Waals surface area contributed by atoms with E-state index in [0.717, 1.165) is 96.3 Å². The Morgan fingerprint density at radius 2 is 0.606 bits per heavy atom. The van der Waals surface area contributed by atoms with Gasteiger partial charge in [-0.3, -0.25) is 9.59 Å². The van der Waals surface area contributed by atoms with E-state index in [0.29, 0.717) is 23.9 Å². The molecule has 0 aromatic carbocycles. The average molecular weight is 1320 g/mol. The number of quaternary nitrogens is 1. The van der Waals surface area contributed by atoms with Crippen molar-refractivity contribution in [3.63, 3.8) is 0 Å². The summed E-state index contributed by atoms with van der Waals surface area (Å²) in [7, 11) is 5.94. The number of aliphatic carboxylic acids is 1. The highest BCUT2D eigenvalue weighted by atomic mass is 16.7. The number of rotatable bonds is 74. The molecule has 0 aliphatic heterocycles. The van der Waals surface area contributed by atoms with Crippen molar-refractivity contribution in [2.75, 3.05) is 47.5 Å².